The van der Waals surface area contributed by atoms with E-state index in [4.69, 9.17) is 9.47 Å². The molecule has 0 aliphatic heterocycles. The van der Waals surface area contributed by atoms with Gasteiger partial charge in [-0.05, 0) is 31.5 Å². The zero-order valence-electron chi connectivity index (χ0n) is 12.7. The molecular weight excluding hydrogens is 300 g/mol. The van der Waals surface area contributed by atoms with Crippen LogP contribution in [0.2, 0.25) is 0 Å². The standard InChI is InChI=1S/C16H18N2O3S/c1-10-8-18-14(11(2)17-16(18)22-10)15(19)21-9-12-4-6-13(20-3)7-5-12/h4-8,15,19H,9H2,1-3H3. The number of hydrogen-bond acceptors (Lipinski definition) is 5. The van der Waals surface area contributed by atoms with E-state index in [0.29, 0.717) is 12.3 Å². The van der Waals surface area contributed by atoms with Crippen molar-refractivity contribution in [1.29, 1.82) is 0 Å². The highest BCUT2D eigenvalue weighted by atomic mass is 32.1. The molecule has 22 heavy (non-hydrogen) atoms. The van der Waals surface area contributed by atoms with E-state index in [1.807, 2.05) is 48.7 Å². The second-order valence-electron chi connectivity index (χ2n) is 5.09. The maximum Gasteiger partial charge on any atom is 0.199 e. The maximum atomic E-state index is 10.4. The molecule has 1 atom stereocenters. The van der Waals surface area contributed by atoms with Crippen LogP contribution in [0.5, 0.6) is 5.75 Å². The van der Waals surface area contributed by atoms with E-state index in [9.17, 15) is 5.11 Å². The molecule has 0 aliphatic carbocycles. The van der Waals surface area contributed by atoms with Gasteiger partial charge in [-0.3, -0.25) is 4.40 Å². The van der Waals surface area contributed by atoms with Gasteiger partial charge in [0.05, 0.1) is 19.4 Å². The van der Waals surface area contributed by atoms with E-state index >= 15 is 0 Å². The average Bonchev–Trinajstić information content (AvgIpc) is 2.99. The minimum atomic E-state index is -1.01. The lowest BCUT2D eigenvalue weighted by Crippen LogP contribution is -2.07. The summed E-state index contributed by atoms with van der Waals surface area (Å²) in [7, 11) is 1.63. The molecule has 0 bridgehead atoms. The molecule has 1 aromatic carbocycles. The van der Waals surface area contributed by atoms with Gasteiger partial charge in [0, 0.05) is 11.1 Å². The third-order valence-corrected chi connectivity index (χ3v) is 4.36. The number of rotatable bonds is 5. The highest BCUT2D eigenvalue weighted by molar-refractivity contribution is 7.17. The van der Waals surface area contributed by atoms with E-state index in [-0.39, 0.29) is 0 Å². The van der Waals surface area contributed by atoms with Gasteiger partial charge in [0.2, 0.25) is 0 Å². The Morgan fingerprint density at radius 2 is 2.00 bits per heavy atom. The molecule has 0 saturated carbocycles. The molecule has 1 unspecified atom stereocenters. The predicted molar refractivity (Wildman–Crippen MR) is 85.3 cm³/mol. The van der Waals surface area contributed by atoms with Gasteiger partial charge in [-0.1, -0.05) is 12.1 Å². The highest BCUT2D eigenvalue weighted by Gasteiger charge is 2.19. The molecule has 0 radical (unpaired) electrons. The average molecular weight is 318 g/mol. The van der Waals surface area contributed by atoms with E-state index < -0.39 is 6.29 Å². The summed E-state index contributed by atoms with van der Waals surface area (Å²) in [6.07, 6.45) is 0.959. The molecule has 116 valence electrons. The molecule has 2 heterocycles. The summed E-state index contributed by atoms with van der Waals surface area (Å²) in [5.41, 5.74) is 2.45. The lowest BCUT2D eigenvalue weighted by Gasteiger charge is -2.12. The molecular formula is C16H18N2O3S. The van der Waals surface area contributed by atoms with Crippen LogP contribution in [0.25, 0.3) is 4.96 Å². The fourth-order valence-corrected chi connectivity index (χ4v) is 3.23. The first-order valence-corrected chi connectivity index (χ1v) is 7.77. The smallest absolute Gasteiger partial charge is 0.199 e. The normalized spacial score (nSPS) is 12.7. The number of benzene rings is 1. The van der Waals surface area contributed by atoms with Crippen LogP contribution >= 0.6 is 11.3 Å². The Balaban J connectivity index is 1.75. The summed E-state index contributed by atoms with van der Waals surface area (Å²) in [6, 6.07) is 7.57. The Hall–Kier alpha value is -1.89. The number of ether oxygens (including phenoxy) is 2. The van der Waals surface area contributed by atoms with Crippen molar-refractivity contribution in [3.63, 3.8) is 0 Å². The summed E-state index contributed by atoms with van der Waals surface area (Å²) in [6.45, 7) is 4.22. The van der Waals surface area contributed by atoms with Crippen molar-refractivity contribution in [2.24, 2.45) is 0 Å². The van der Waals surface area contributed by atoms with Crippen molar-refractivity contribution in [3.05, 3.63) is 52.3 Å². The Kier molecular flexibility index (Phi) is 4.15. The van der Waals surface area contributed by atoms with Crippen molar-refractivity contribution in [2.45, 2.75) is 26.7 Å². The van der Waals surface area contributed by atoms with Crippen LogP contribution in [-0.4, -0.2) is 21.6 Å². The molecule has 5 nitrogen and oxygen atoms in total. The second-order valence-corrected chi connectivity index (χ2v) is 6.30. The number of aliphatic hydroxyl groups excluding tert-OH is 1. The SMILES string of the molecule is COc1ccc(COC(O)c2c(C)nc3sc(C)cn23)cc1. The summed E-state index contributed by atoms with van der Waals surface area (Å²) < 4.78 is 12.6. The molecule has 0 fully saturated rings. The van der Waals surface area contributed by atoms with Crippen molar-refractivity contribution in [1.82, 2.24) is 9.38 Å². The highest BCUT2D eigenvalue weighted by Crippen LogP contribution is 2.26. The van der Waals surface area contributed by atoms with E-state index in [2.05, 4.69) is 4.98 Å². The minimum Gasteiger partial charge on any atom is -0.497 e. The van der Waals surface area contributed by atoms with Crippen LogP contribution in [0.1, 0.15) is 28.1 Å². The van der Waals surface area contributed by atoms with Crippen LogP contribution in [0.15, 0.2) is 30.5 Å². The number of thiazole rings is 1. The van der Waals surface area contributed by atoms with Crippen molar-refractivity contribution in [2.75, 3.05) is 7.11 Å². The number of methoxy groups -OCH3 is 1. The summed E-state index contributed by atoms with van der Waals surface area (Å²) in [4.78, 5) is 6.47. The number of hydrogen-bond donors (Lipinski definition) is 1. The summed E-state index contributed by atoms with van der Waals surface area (Å²) in [5, 5.41) is 10.4. The molecule has 0 spiro atoms. The third kappa shape index (κ3) is 2.85. The molecule has 3 rings (SSSR count). The van der Waals surface area contributed by atoms with Gasteiger partial charge < -0.3 is 14.6 Å². The molecule has 1 N–H and O–H groups in total. The Bertz CT molecular complexity index is 777. The first-order chi connectivity index (χ1) is 10.6. The van der Waals surface area contributed by atoms with Gasteiger partial charge in [-0.15, -0.1) is 11.3 Å². The fraction of sp³-hybridized carbons (Fsp3) is 0.312. The lowest BCUT2D eigenvalue weighted by molar-refractivity contribution is -0.115. The van der Waals surface area contributed by atoms with Crippen LogP contribution in [0, 0.1) is 13.8 Å². The zero-order valence-corrected chi connectivity index (χ0v) is 13.6. The maximum absolute atomic E-state index is 10.4. The number of aryl methyl sites for hydroxylation is 2. The molecule has 6 heteroatoms. The van der Waals surface area contributed by atoms with Gasteiger partial charge in [0.25, 0.3) is 0 Å². The van der Waals surface area contributed by atoms with E-state index in [1.165, 1.54) is 0 Å². The van der Waals surface area contributed by atoms with Gasteiger partial charge in [-0.25, -0.2) is 4.98 Å². The first-order valence-electron chi connectivity index (χ1n) is 6.96. The van der Waals surface area contributed by atoms with Gasteiger partial charge >= 0.3 is 0 Å². The number of nitrogens with zero attached hydrogens (tertiary/aromatic N) is 2. The molecule has 2 aromatic heterocycles. The second kappa shape index (κ2) is 6.08. The third-order valence-electron chi connectivity index (χ3n) is 3.46. The number of fused-ring (bicyclic) bond motifs is 1. The fourth-order valence-electron chi connectivity index (χ4n) is 2.35. The first kappa shape index (κ1) is 15.0. The van der Waals surface area contributed by atoms with E-state index in [1.54, 1.807) is 18.4 Å². The topological polar surface area (TPSA) is 56.0 Å². The van der Waals surface area contributed by atoms with Gasteiger partial charge in [0.15, 0.2) is 11.3 Å². The summed E-state index contributed by atoms with van der Waals surface area (Å²) >= 11 is 1.59. The minimum absolute atomic E-state index is 0.320. The monoisotopic (exact) mass is 318 g/mol. The van der Waals surface area contributed by atoms with Gasteiger partial charge in [-0.2, -0.15) is 0 Å². The molecule has 3 aromatic rings. The van der Waals surface area contributed by atoms with Crippen LogP contribution in [0.3, 0.4) is 0 Å². The van der Waals surface area contributed by atoms with Crippen LogP contribution in [0.4, 0.5) is 0 Å². The Morgan fingerprint density at radius 3 is 2.68 bits per heavy atom. The lowest BCUT2D eigenvalue weighted by atomic mass is 10.2. The van der Waals surface area contributed by atoms with Crippen LogP contribution in [-0.2, 0) is 11.3 Å². The van der Waals surface area contributed by atoms with Crippen molar-refractivity contribution < 1.29 is 14.6 Å². The van der Waals surface area contributed by atoms with Crippen LogP contribution < -0.4 is 4.74 Å². The Labute approximate surface area is 132 Å². The molecule has 0 saturated heterocycles. The predicted octanol–water partition coefficient (Wildman–Crippen LogP) is 3.23. The number of aromatic nitrogens is 2. The number of aliphatic hydroxyl groups is 1. The quantitative estimate of drug-likeness (QED) is 0.734. The molecule has 0 amide bonds. The zero-order chi connectivity index (χ0) is 15.7. The molecule has 0 aliphatic rings. The largest absolute Gasteiger partial charge is 0.497 e. The van der Waals surface area contributed by atoms with Crippen molar-refractivity contribution >= 4 is 16.3 Å². The number of imidazole rings is 1. The summed E-state index contributed by atoms with van der Waals surface area (Å²) in [5.74, 6) is 0.798. The van der Waals surface area contributed by atoms with Gasteiger partial charge in [0.1, 0.15) is 11.4 Å². The van der Waals surface area contributed by atoms with E-state index in [0.717, 1.165) is 26.8 Å². The Morgan fingerprint density at radius 1 is 1.27 bits per heavy atom. The van der Waals surface area contributed by atoms with Crippen molar-refractivity contribution in [3.8, 4) is 5.75 Å².